The van der Waals surface area contributed by atoms with Gasteiger partial charge in [-0.1, -0.05) is 0 Å². The average Bonchev–Trinajstić information content (AvgIpc) is 3.07. The smallest absolute Gasteiger partial charge is 0.257 e. The molecule has 3 N–H and O–H groups in total. The van der Waals surface area contributed by atoms with Gasteiger partial charge in [0.1, 0.15) is 11.4 Å². The molecule has 1 amide bonds. The molecule has 10 heteroatoms. The molecule has 1 aromatic carbocycles. The Bertz CT molecular complexity index is 1070. The zero-order chi connectivity index (χ0) is 20.4. The van der Waals surface area contributed by atoms with E-state index < -0.39 is 21.3 Å². The lowest BCUT2D eigenvalue weighted by atomic mass is 9.67. The van der Waals surface area contributed by atoms with Gasteiger partial charge < -0.3 is 10.6 Å². The van der Waals surface area contributed by atoms with Crippen LogP contribution >= 0.6 is 0 Å². The Morgan fingerprint density at radius 2 is 2.00 bits per heavy atom. The number of nitrogens with one attached hydrogen (secondary N) is 3. The molecule has 0 radical (unpaired) electrons. The van der Waals surface area contributed by atoms with E-state index in [-0.39, 0.29) is 22.8 Å². The number of anilines is 2. The van der Waals surface area contributed by atoms with Gasteiger partial charge in [-0.2, -0.15) is 15.6 Å². The molecule has 9 nitrogen and oxygen atoms in total. The van der Waals surface area contributed by atoms with Gasteiger partial charge in [0.25, 0.3) is 5.91 Å². The summed E-state index contributed by atoms with van der Waals surface area (Å²) in [4.78, 5) is 12.9. The summed E-state index contributed by atoms with van der Waals surface area (Å²) < 4.78 is 23.1. The highest BCUT2D eigenvalue weighted by molar-refractivity contribution is 7.90. The van der Waals surface area contributed by atoms with E-state index in [0.29, 0.717) is 24.3 Å². The van der Waals surface area contributed by atoms with Crippen LogP contribution in [0.1, 0.15) is 29.6 Å². The number of H-pyrrole nitrogens is 1. The minimum Gasteiger partial charge on any atom is -0.345 e. The molecule has 3 rings (SSSR count). The van der Waals surface area contributed by atoms with Crippen LogP contribution in [0, 0.1) is 28.6 Å². The summed E-state index contributed by atoms with van der Waals surface area (Å²) in [5.41, 5.74) is 0.133. The van der Waals surface area contributed by atoms with E-state index in [2.05, 4.69) is 33.0 Å². The third-order valence-electron chi connectivity index (χ3n) is 4.69. The Kier molecular flexibility index (Phi) is 5.08. The van der Waals surface area contributed by atoms with Crippen LogP contribution < -0.4 is 10.6 Å². The number of amides is 1. The van der Waals surface area contributed by atoms with Crippen LogP contribution in [0.25, 0.3) is 0 Å². The molecule has 1 aliphatic carbocycles. The number of nitrogens with zero attached hydrogens (tertiary/aromatic N) is 3. The first-order valence-electron chi connectivity index (χ1n) is 8.46. The summed E-state index contributed by atoms with van der Waals surface area (Å²) in [6.45, 7) is 0. The van der Waals surface area contributed by atoms with Crippen molar-refractivity contribution < 1.29 is 13.2 Å². The fourth-order valence-corrected chi connectivity index (χ4v) is 3.84. The van der Waals surface area contributed by atoms with Crippen LogP contribution in [-0.4, -0.2) is 36.3 Å². The average molecular weight is 398 g/mol. The minimum absolute atomic E-state index is 0.129. The third kappa shape index (κ3) is 3.97. The van der Waals surface area contributed by atoms with E-state index in [9.17, 15) is 13.2 Å². The van der Waals surface area contributed by atoms with Gasteiger partial charge in [-0.05, 0) is 37.1 Å². The number of hydrogen-bond acceptors (Lipinski definition) is 7. The Morgan fingerprint density at radius 3 is 2.57 bits per heavy atom. The molecule has 0 aliphatic heterocycles. The number of carbonyl (C=O) groups is 1. The lowest BCUT2D eigenvalue weighted by molar-refractivity contribution is 0.0779. The van der Waals surface area contributed by atoms with Gasteiger partial charge in [-0.15, -0.1) is 0 Å². The molecule has 1 fully saturated rings. The van der Waals surface area contributed by atoms with E-state index in [4.69, 9.17) is 10.5 Å². The quantitative estimate of drug-likeness (QED) is 0.671. The van der Waals surface area contributed by atoms with Crippen LogP contribution in [0.3, 0.4) is 0 Å². The fourth-order valence-electron chi connectivity index (χ4n) is 3.21. The van der Waals surface area contributed by atoms with Crippen molar-refractivity contribution in [3.05, 3.63) is 36.0 Å². The second-order valence-corrected chi connectivity index (χ2v) is 8.90. The summed E-state index contributed by atoms with van der Waals surface area (Å²) in [5, 5.41) is 30.5. The predicted molar refractivity (Wildman–Crippen MR) is 100 cm³/mol. The zero-order valence-electron chi connectivity index (χ0n) is 15.1. The molecule has 0 spiro atoms. The molecule has 0 saturated heterocycles. The van der Waals surface area contributed by atoms with Crippen molar-refractivity contribution in [3.63, 3.8) is 0 Å². The summed E-state index contributed by atoms with van der Waals surface area (Å²) in [6.07, 6.45) is 3.50. The van der Waals surface area contributed by atoms with Crippen molar-refractivity contribution in [3.8, 4) is 12.1 Å². The normalized spacial score (nSPS) is 21.0. The molecule has 1 heterocycles. The van der Waals surface area contributed by atoms with E-state index in [0.717, 1.165) is 6.26 Å². The van der Waals surface area contributed by atoms with Crippen LogP contribution in [0.4, 0.5) is 11.5 Å². The molecule has 1 aromatic heterocycles. The highest BCUT2D eigenvalue weighted by Crippen LogP contribution is 2.40. The van der Waals surface area contributed by atoms with Crippen molar-refractivity contribution in [2.24, 2.45) is 5.92 Å². The number of sulfone groups is 1. The molecule has 28 heavy (non-hydrogen) atoms. The van der Waals surface area contributed by atoms with Crippen molar-refractivity contribution in [1.82, 2.24) is 15.5 Å². The SMILES string of the molecule is CS(=O)(=O)c1ccc(Nc2[nH]ncc2C(=O)NC2(CC#N)CC(C#N)C2)cc1. The molecule has 2 aromatic rings. The number of carbonyl (C=O) groups excluding carboxylic acids is 1. The highest BCUT2D eigenvalue weighted by atomic mass is 32.2. The highest BCUT2D eigenvalue weighted by Gasteiger charge is 2.45. The van der Waals surface area contributed by atoms with E-state index >= 15 is 0 Å². The Morgan fingerprint density at radius 1 is 1.32 bits per heavy atom. The number of hydrogen-bond donors (Lipinski definition) is 3. The van der Waals surface area contributed by atoms with Crippen molar-refractivity contribution in [2.45, 2.75) is 29.7 Å². The molecular weight excluding hydrogens is 380 g/mol. The molecule has 0 unspecified atom stereocenters. The van der Waals surface area contributed by atoms with Crippen LogP contribution in [0.15, 0.2) is 35.4 Å². The number of aromatic amines is 1. The molecule has 1 aliphatic rings. The first-order valence-corrected chi connectivity index (χ1v) is 10.3. The molecule has 0 bridgehead atoms. The second kappa shape index (κ2) is 7.33. The number of aromatic nitrogens is 2. The van der Waals surface area contributed by atoms with Gasteiger partial charge in [0.2, 0.25) is 0 Å². The summed E-state index contributed by atoms with van der Waals surface area (Å²) >= 11 is 0. The minimum atomic E-state index is -3.29. The van der Waals surface area contributed by atoms with Crippen LogP contribution in [0.5, 0.6) is 0 Å². The molecule has 1 saturated carbocycles. The van der Waals surface area contributed by atoms with Gasteiger partial charge >= 0.3 is 0 Å². The van der Waals surface area contributed by atoms with Crippen molar-refractivity contribution >= 4 is 27.2 Å². The fraction of sp³-hybridized carbons (Fsp3) is 0.333. The maximum absolute atomic E-state index is 12.7. The monoisotopic (exact) mass is 398 g/mol. The van der Waals surface area contributed by atoms with Crippen molar-refractivity contribution in [2.75, 3.05) is 11.6 Å². The van der Waals surface area contributed by atoms with Crippen LogP contribution in [-0.2, 0) is 9.84 Å². The standard InChI is InChI=1S/C18H18N6O3S/c1-28(26,27)14-4-2-13(3-5-14)22-16-15(11-21-24-16)17(25)23-18(6-7-19)8-12(9-18)10-20/h2-5,11-12H,6,8-9H2,1H3,(H,23,25)(H2,21,22,24). The maximum atomic E-state index is 12.7. The lowest BCUT2D eigenvalue weighted by Crippen LogP contribution is -2.56. The maximum Gasteiger partial charge on any atom is 0.257 e. The summed E-state index contributed by atoms with van der Waals surface area (Å²) in [5.74, 6) is -0.229. The Labute approximate surface area is 162 Å². The molecule has 0 atom stereocenters. The lowest BCUT2D eigenvalue weighted by Gasteiger charge is -2.44. The first-order chi connectivity index (χ1) is 13.3. The van der Waals surface area contributed by atoms with E-state index in [1.165, 1.54) is 18.3 Å². The van der Waals surface area contributed by atoms with E-state index in [1.54, 1.807) is 12.1 Å². The van der Waals surface area contributed by atoms with Gasteiger partial charge in [-0.25, -0.2) is 8.42 Å². The number of benzene rings is 1. The summed E-state index contributed by atoms with van der Waals surface area (Å²) in [7, 11) is -3.29. The molecule has 144 valence electrons. The van der Waals surface area contributed by atoms with Gasteiger partial charge in [0, 0.05) is 11.9 Å². The van der Waals surface area contributed by atoms with Crippen LogP contribution in [0.2, 0.25) is 0 Å². The molecular formula is C18H18N6O3S. The van der Waals surface area contributed by atoms with E-state index in [1.807, 2.05) is 0 Å². The third-order valence-corrected chi connectivity index (χ3v) is 5.82. The van der Waals surface area contributed by atoms with Gasteiger partial charge in [-0.3, -0.25) is 9.89 Å². The van der Waals surface area contributed by atoms with Gasteiger partial charge in [0.05, 0.1) is 41.1 Å². The Balaban J connectivity index is 1.74. The summed E-state index contributed by atoms with van der Waals surface area (Å²) in [6, 6.07) is 10.3. The van der Waals surface area contributed by atoms with Gasteiger partial charge in [0.15, 0.2) is 9.84 Å². The first kappa shape index (κ1) is 19.4. The number of rotatable bonds is 6. The zero-order valence-corrected chi connectivity index (χ0v) is 15.9. The largest absolute Gasteiger partial charge is 0.345 e. The second-order valence-electron chi connectivity index (χ2n) is 6.88. The topological polar surface area (TPSA) is 152 Å². The predicted octanol–water partition coefficient (Wildman–Crippen LogP) is 1.87. The van der Waals surface area contributed by atoms with Crippen molar-refractivity contribution in [1.29, 1.82) is 10.5 Å². The Hall–Kier alpha value is -3.37. The number of nitriles is 2.